The minimum absolute atomic E-state index is 0.229. The molecule has 25 heavy (non-hydrogen) atoms. The van der Waals surface area contributed by atoms with E-state index in [0.717, 1.165) is 17.0 Å². The predicted molar refractivity (Wildman–Crippen MR) is 101 cm³/mol. The van der Waals surface area contributed by atoms with Gasteiger partial charge in [0.05, 0.1) is 24.8 Å². The molecule has 0 radical (unpaired) electrons. The number of anilines is 1. The van der Waals surface area contributed by atoms with Gasteiger partial charge >= 0.3 is 5.97 Å². The van der Waals surface area contributed by atoms with Crippen LogP contribution in [0.2, 0.25) is 0 Å². The number of para-hydroxylation sites is 2. The highest BCUT2D eigenvalue weighted by Crippen LogP contribution is 2.32. The van der Waals surface area contributed by atoms with Crippen molar-refractivity contribution >= 4 is 11.7 Å². The first kappa shape index (κ1) is 18.8. The number of carbonyl (C=O) groups is 1. The summed E-state index contributed by atoms with van der Waals surface area (Å²) in [5.74, 6) is 0.134. The van der Waals surface area contributed by atoms with Crippen molar-refractivity contribution in [3.63, 3.8) is 0 Å². The van der Waals surface area contributed by atoms with Crippen LogP contribution in [0.15, 0.2) is 54.6 Å². The minimum Gasteiger partial charge on any atom is -0.495 e. The second kappa shape index (κ2) is 8.06. The molecule has 0 aliphatic heterocycles. The molecule has 0 amide bonds. The molecule has 2 aromatic rings. The molecule has 4 heteroatoms. The molecule has 0 fully saturated rings. The van der Waals surface area contributed by atoms with Gasteiger partial charge < -0.3 is 14.8 Å². The standard InChI is InChI=1S/C21H27NO3/c1-15(20(23)25-21(2,3)4)19(16-11-7-6-8-12-16)22-17-13-9-10-14-18(17)24-5/h6-15,19,22H,1-5H3/t15-,19-/m0/s1. The van der Waals surface area contributed by atoms with Crippen LogP contribution in [0.4, 0.5) is 5.69 Å². The van der Waals surface area contributed by atoms with Crippen LogP contribution in [0.1, 0.15) is 39.3 Å². The monoisotopic (exact) mass is 341 g/mol. The summed E-state index contributed by atoms with van der Waals surface area (Å²) in [5.41, 5.74) is 1.35. The summed E-state index contributed by atoms with van der Waals surface area (Å²) in [6.07, 6.45) is 0. The SMILES string of the molecule is COc1ccccc1N[C@H](c1ccccc1)[C@H](C)C(=O)OC(C)(C)C. The summed E-state index contributed by atoms with van der Waals surface area (Å²) in [4.78, 5) is 12.6. The second-order valence-electron chi connectivity index (χ2n) is 7.06. The molecular weight excluding hydrogens is 314 g/mol. The highest BCUT2D eigenvalue weighted by molar-refractivity contribution is 5.75. The number of methoxy groups -OCH3 is 1. The lowest BCUT2D eigenvalue weighted by Crippen LogP contribution is -2.32. The van der Waals surface area contributed by atoms with Gasteiger partial charge in [-0.25, -0.2) is 0 Å². The van der Waals surface area contributed by atoms with Crippen LogP contribution in [-0.4, -0.2) is 18.7 Å². The molecule has 0 aliphatic carbocycles. The molecule has 0 saturated heterocycles. The van der Waals surface area contributed by atoms with E-state index in [-0.39, 0.29) is 17.9 Å². The highest BCUT2D eigenvalue weighted by Gasteiger charge is 2.30. The lowest BCUT2D eigenvalue weighted by Gasteiger charge is -2.29. The normalized spacial score (nSPS) is 13.6. The van der Waals surface area contributed by atoms with Gasteiger partial charge in [-0.1, -0.05) is 42.5 Å². The third kappa shape index (κ3) is 5.24. The second-order valence-corrected chi connectivity index (χ2v) is 7.06. The summed E-state index contributed by atoms with van der Waals surface area (Å²) in [7, 11) is 1.63. The fourth-order valence-corrected chi connectivity index (χ4v) is 2.62. The Hall–Kier alpha value is -2.49. The van der Waals surface area contributed by atoms with Crippen molar-refractivity contribution in [2.24, 2.45) is 5.92 Å². The molecule has 4 nitrogen and oxygen atoms in total. The molecule has 0 aliphatic rings. The van der Waals surface area contributed by atoms with Crippen LogP contribution in [0.5, 0.6) is 5.75 Å². The number of ether oxygens (including phenoxy) is 2. The Balaban J connectivity index is 2.32. The van der Waals surface area contributed by atoms with Gasteiger partial charge in [-0.2, -0.15) is 0 Å². The average molecular weight is 341 g/mol. The predicted octanol–water partition coefficient (Wildman–Crippen LogP) is 4.83. The number of hydrogen-bond acceptors (Lipinski definition) is 4. The first-order valence-electron chi connectivity index (χ1n) is 8.49. The fourth-order valence-electron chi connectivity index (χ4n) is 2.62. The van der Waals surface area contributed by atoms with E-state index < -0.39 is 5.60 Å². The molecule has 0 heterocycles. The Morgan fingerprint density at radius 2 is 1.60 bits per heavy atom. The molecule has 0 saturated carbocycles. The van der Waals surface area contributed by atoms with Crippen molar-refractivity contribution in [1.29, 1.82) is 0 Å². The first-order valence-corrected chi connectivity index (χ1v) is 8.49. The number of benzene rings is 2. The molecule has 2 rings (SSSR count). The third-order valence-electron chi connectivity index (χ3n) is 3.86. The lowest BCUT2D eigenvalue weighted by molar-refractivity contribution is -0.159. The van der Waals surface area contributed by atoms with E-state index in [4.69, 9.17) is 9.47 Å². The van der Waals surface area contributed by atoms with Gasteiger partial charge in [-0.05, 0) is 45.4 Å². The van der Waals surface area contributed by atoms with E-state index in [2.05, 4.69) is 5.32 Å². The van der Waals surface area contributed by atoms with Gasteiger partial charge in [-0.15, -0.1) is 0 Å². The zero-order valence-electron chi connectivity index (χ0n) is 15.6. The van der Waals surface area contributed by atoms with Crippen molar-refractivity contribution in [2.45, 2.75) is 39.3 Å². The van der Waals surface area contributed by atoms with E-state index in [0.29, 0.717) is 0 Å². The quantitative estimate of drug-likeness (QED) is 0.765. The molecule has 2 atom stereocenters. The number of esters is 1. The van der Waals surface area contributed by atoms with Gasteiger partial charge in [0.1, 0.15) is 11.4 Å². The van der Waals surface area contributed by atoms with E-state index in [1.54, 1.807) is 7.11 Å². The summed E-state index contributed by atoms with van der Waals surface area (Å²) >= 11 is 0. The molecule has 0 unspecified atom stereocenters. The summed E-state index contributed by atoms with van der Waals surface area (Å²) in [6.45, 7) is 7.52. The third-order valence-corrected chi connectivity index (χ3v) is 3.86. The van der Waals surface area contributed by atoms with Crippen molar-refractivity contribution < 1.29 is 14.3 Å². The topological polar surface area (TPSA) is 47.6 Å². The van der Waals surface area contributed by atoms with Gasteiger partial charge in [0.15, 0.2) is 0 Å². The number of hydrogen-bond donors (Lipinski definition) is 1. The molecular formula is C21H27NO3. The largest absolute Gasteiger partial charge is 0.495 e. The minimum atomic E-state index is -0.517. The van der Waals surface area contributed by atoms with Crippen LogP contribution in [-0.2, 0) is 9.53 Å². The van der Waals surface area contributed by atoms with E-state index in [9.17, 15) is 4.79 Å². The van der Waals surface area contributed by atoms with Crippen molar-refractivity contribution in [2.75, 3.05) is 12.4 Å². The number of nitrogens with one attached hydrogen (secondary N) is 1. The van der Waals surface area contributed by atoms with Crippen LogP contribution in [0.3, 0.4) is 0 Å². The highest BCUT2D eigenvalue weighted by atomic mass is 16.6. The zero-order chi connectivity index (χ0) is 18.4. The van der Waals surface area contributed by atoms with Gasteiger partial charge in [0.25, 0.3) is 0 Å². The van der Waals surface area contributed by atoms with Crippen molar-refractivity contribution in [1.82, 2.24) is 0 Å². The molecule has 2 aromatic carbocycles. The molecule has 134 valence electrons. The van der Waals surface area contributed by atoms with Gasteiger partial charge in [0, 0.05) is 0 Å². The molecule has 1 N–H and O–H groups in total. The molecule has 0 spiro atoms. The Morgan fingerprint density at radius 3 is 2.20 bits per heavy atom. The Labute approximate surface area is 150 Å². The maximum absolute atomic E-state index is 12.6. The zero-order valence-corrected chi connectivity index (χ0v) is 15.6. The maximum Gasteiger partial charge on any atom is 0.311 e. The lowest BCUT2D eigenvalue weighted by atomic mass is 9.93. The number of carbonyl (C=O) groups excluding carboxylic acids is 1. The first-order chi connectivity index (χ1) is 11.8. The van der Waals surface area contributed by atoms with Crippen LogP contribution in [0.25, 0.3) is 0 Å². The Morgan fingerprint density at radius 1 is 1.00 bits per heavy atom. The van der Waals surface area contributed by atoms with Crippen LogP contribution in [0, 0.1) is 5.92 Å². The molecule has 0 aromatic heterocycles. The Bertz CT molecular complexity index is 692. The van der Waals surface area contributed by atoms with E-state index >= 15 is 0 Å². The van der Waals surface area contributed by atoms with Crippen molar-refractivity contribution in [3.8, 4) is 5.75 Å². The van der Waals surface area contributed by atoms with E-state index in [1.165, 1.54) is 0 Å². The summed E-state index contributed by atoms with van der Waals surface area (Å²) in [5, 5.41) is 3.46. The summed E-state index contributed by atoms with van der Waals surface area (Å²) < 4.78 is 11.0. The smallest absolute Gasteiger partial charge is 0.311 e. The van der Waals surface area contributed by atoms with Crippen LogP contribution < -0.4 is 10.1 Å². The molecule has 0 bridgehead atoms. The number of rotatable bonds is 6. The van der Waals surface area contributed by atoms with Crippen molar-refractivity contribution in [3.05, 3.63) is 60.2 Å². The van der Waals surface area contributed by atoms with Gasteiger partial charge in [0.2, 0.25) is 0 Å². The average Bonchev–Trinajstić information content (AvgIpc) is 2.58. The van der Waals surface area contributed by atoms with E-state index in [1.807, 2.05) is 82.3 Å². The summed E-state index contributed by atoms with van der Waals surface area (Å²) in [6, 6.07) is 17.4. The maximum atomic E-state index is 12.6. The fraction of sp³-hybridized carbons (Fsp3) is 0.381. The van der Waals surface area contributed by atoms with Gasteiger partial charge in [-0.3, -0.25) is 4.79 Å². The Kier molecular flexibility index (Phi) is 6.07. The van der Waals surface area contributed by atoms with Crippen LogP contribution >= 0.6 is 0 Å².